The summed E-state index contributed by atoms with van der Waals surface area (Å²) in [5.41, 5.74) is 0.123. The van der Waals surface area contributed by atoms with Gasteiger partial charge in [-0.2, -0.15) is 5.01 Å². The van der Waals surface area contributed by atoms with Gasteiger partial charge in [0.2, 0.25) is 0 Å². The summed E-state index contributed by atoms with van der Waals surface area (Å²) in [4.78, 5) is 50.7. The number of imide groups is 1. The normalized spacial score (nSPS) is 20.5. The third kappa shape index (κ3) is 3.79. The van der Waals surface area contributed by atoms with Crippen molar-refractivity contribution < 1.29 is 19.3 Å². The van der Waals surface area contributed by atoms with Gasteiger partial charge in [-0.05, 0) is 25.0 Å². The first-order chi connectivity index (χ1) is 14.9. The van der Waals surface area contributed by atoms with Crippen LogP contribution in [0.4, 0.5) is 5.69 Å². The molecule has 1 saturated carbocycles. The number of nitro benzene ring substituents is 1. The van der Waals surface area contributed by atoms with E-state index in [0.717, 1.165) is 22.9 Å². The van der Waals surface area contributed by atoms with Gasteiger partial charge in [-0.25, -0.2) is 5.01 Å². The zero-order chi connectivity index (χ0) is 22.1. The molecule has 1 aliphatic carbocycles. The van der Waals surface area contributed by atoms with Gasteiger partial charge in [-0.15, -0.1) is 0 Å². The van der Waals surface area contributed by atoms with Crippen LogP contribution >= 0.6 is 11.6 Å². The van der Waals surface area contributed by atoms with Gasteiger partial charge in [-0.1, -0.05) is 54.8 Å². The maximum absolute atomic E-state index is 13.5. The first-order valence-electron chi connectivity index (χ1n) is 10.1. The van der Waals surface area contributed by atoms with Crippen LogP contribution in [0.25, 0.3) is 0 Å². The van der Waals surface area contributed by atoms with Crippen LogP contribution in [0.5, 0.6) is 0 Å². The molecule has 0 bridgehead atoms. The number of hydrazine groups is 1. The predicted molar refractivity (Wildman–Crippen MR) is 112 cm³/mol. The van der Waals surface area contributed by atoms with Gasteiger partial charge in [0.15, 0.2) is 0 Å². The number of hydrogen-bond donors (Lipinski definition) is 0. The van der Waals surface area contributed by atoms with Gasteiger partial charge in [0.1, 0.15) is 0 Å². The average molecular weight is 442 g/mol. The third-order valence-electron chi connectivity index (χ3n) is 5.91. The Labute approximate surface area is 183 Å². The van der Waals surface area contributed by atoms with Crippen molar-refractivity contribution in [3.8, 4) is 0 Å². The van der Waals surface area contributed by atoms with Crippen molar-refractivity contribution >= 4 is 35.0 Å². The standard InChI is InChI=1S/C22H20ClN3O5/c23-18-11-5-4-10-17(18)20(27)24(13-14-7-1-6-12-19(14)26(30)31)25-21(28)15-8-2-3-9-16(15)22(25)29/h1,4-7,10-12,15-16H,2-3,8-9,13H2/t15-,16-/m1/s1. The van der Waals surface area contributed by atoms with Gasteiger partial charge in [0.25, 0.3) is 23.4 Å². The summed E-state index contributed by atoms with van der Waals surface area (Å²) in [6.07, 6.45) is 2.87. The monoisotopic (exact) mass is 441 g/mol. The predicted octanol–water partition coefficient (Wildman–Crippen LogP) is 3.98. The number of amides is 3. The van der Waals surface area contributed by atoms with Crippen molar-refractivity contribution in [1.82, 2.24) is 10.0 Å². The molecule has 8 nitrogen and oxygen atoms in total. The highest BCUT2D eigenvalue weighted by atomic mass is 35.5. The number of fused-ring (bicyclic) bond motifs is 1. The van der Waals surface area contributed by atoms with Crippen molar-refractivity contribution in [1.29, 1.82) is 0 Å². The highest BCUT2D eigenvalue weighted by Gasteiger charge is 2.51. The maximum atomic E-state index is 13.5. The largest absolute Gasteiger partial charge is 0.274 e. The molecule has 0 spiro atoms. The fraction of sp³-hybridized carbons (Fsp3) is 0.318. The molecule has 31 heavy (non-hydrogen) atoms. The Bertz CT molecular complexity index is 1050. The molecule has 0 radical (unpaired) electrons. The molecule has 2 atom stereocenters. The fourth-order valence-corrected chi connectivity index (χ4v) is 4.59. The van der Waals surface area contributed by atoms with Gasteiger partial charge >= 0.3 is 0 Å². The van der Waals surface area contributed by atoms with E-state index < -0.39 is 34.5 Å². The number of rotatable bonds is 5. The summed E-state index contributed by atoms with van der Waals surface area (Å²) in [5, 5.41) is 13.5. The minimum atomic E-state index is -0.663. The Hall–Kier alpha value is -3.26. The minimum absolute atomic E-state index is 0.109. The molecule has 2 aromatic rings. The first-order valence-corrected chi connectivity index (χ1v) is 10.4. The number of para-hydroxylation sites is 1. The van der Waals surface area contributed by atoms with E-state index in [1.807, 2.05) is 0 Å². The molecule has 1 aliphatic heterocycles. The van der Waals surface area contributed by atoms with Crippen LogP contribution in [-0.4, -0.2) is 32.7 Å². The molecule has 0 aromatic heterocycles. The summed E-state index contributed by atoms with van der Waals surface area (Å²) < 4.78 is 0. The number of carbonyl (C=O) groups is 3. The lowest BCUT2D eigenvalue weighted by molar-refractivity contribution is -0.385. The molecule has 0 N–H and O–H groups in total. The number of halogens is 1. The second kappa shape index (κ2) is 8.47. The molecule has 4 rings (SSSR count). The Morgan fingerprint density at radius 2 is 1.61 bits per heavy atom. The Balaban J connectivity index is 1.78. The van der Waals surface area contributed by atoms with Gasteiger partial charge in [0.05, 0.1) is 39.5 Å². The van der Waals surface area contributed by atoms with E-state index in [0.29, 0.717) is 12.8 Å². The molecular formula is C22H20ClN3O5. The topological polar surface area (TPSA) is 101 Å². The molecule has 2 aromatic carbocycles. The van der Waals surface area contributed by atoms with E-state index in [2.05, 4.69) is 0 Å². The minimum Gasteiger partial charge on any atom is -0.272 e. The fourth-order valence-electron chi connectivity index (χ4n) is 4.37. The van der Waals surface area contributed by atoms with E-state index in [4.69, 9.17) is 11.6 Å². The van der Waals surface area contributed by atoms with Crippen LogP contribution in [0.2, 0.25) is 5.02 Å². The van der Waals surface area contributed by atoms with Crippen molar-refractivity contribution in [2.75, 3.05) is 0 Å². The van der Waals surface area contributed by atoms with Crippen LogP contribution in [0.3, 0.4) is 0 Å². The molecule has 2 fully saturated rings. The van der Waals surface area contributed by atoms with Gasteiger partial charge in [-0.3, -0.25) is 24.5 Å². The zero-order valence-electron chi connectivity index (χ0n) is 16.6. The van der Waals surface area contributed by atoms with Crippen molar-refractivity contribution in [3.63, 3.8) is 0 Å². The van der Waals surface area contributed by atoms with Crippen LogP contribution < -0.4 is 0 Å². The third-order valence-corrected chi connectivity index (χ3v) is 6.24. The van der Waals surface area contributed by atoms with Crippen molar-refractivity contribution in [3.05, 3.63) is 74.8 Å². The second-order valence-corrected chi connectivity index (χ2v) is 8.12. The van der Waals surface area contributed by atoms with Crippen LogP contribution in [0.1, 0.15) is 41.6 Å². The quantitative estimate of drug-likeness (QED) is 0.397. The van der Waals surface area contributed by atoms with E-state index in [1.54, 1.807) is 18.2 Å². The van der Waals surface area contributed by atoms with Crippen molar-refractivity contribution in [2.45, 2.75) is 32.2 Å². The number of nitrogens with zero attached hydrogens (tertiary/aromatic N) is 3. The zero-order valence-corrected chi connectivity index (χ0v) is 17.3. The lowest BCUT2D eigenvalue weighted by atomic mass is 9.81. The smallest absolute Gasteiger partial charge is 0.272 e. The Kier molecular flexibility index (Phi) is 5.73. The number of nitro groups is 1. The number of carbonyl (C=O) groups excluding carboxylic acids is 3. The molecule has 2 aliphatic rings. The van der Waals surface area contributed by atoms with E-state index in [1.165, 1.54) is 30.3 Å². The molecular weight excluding hydrogens is 422 g/mol. The lowest BCUT2D eigenvalue weighted by Crippen LogP contribution is -2.50. The maximum Gasteiger partial charge on any atom is 0.274 e. The second-order valence-electron chi connectivity index (χ2n) is 7.71. The average Bonchev–Trinajstić information content (AvgIpc) is 3.02. The molecule has 1 saturated heterocycles. The molecule has 0 unspecified atom stereocenters. The molecule has 160 valence electrons. The van der Waals surface area contributed by atoms with Crippen LogP contribution in [-0.2, 0) is 16.1 Å². The highest BCUT2D eigenvalue weighted by Crippen LogP contribution is 2.39. The van der Waals surface area contributed by atoms with Crippen molar-refractivity contribution in [2.24, 2.45) is 11.8 Å². The summed E-state index contributed by atoms with van der Waals surface area (Å²) in [6, 6.07) is 12.3. The van der Waals surface area contributed by atoms with Crippen LogP contribution in [0, 0.1) is 22.0 Å². The van der Waals surface area contributed by atoms with Gasteiger partial charge in [0, 0.05) is 6.07 Å². The van der Waals surface area contributed by atoms with Gasteiger partial charge < -0.3 is 0 Å². The Morgan fingerprint density at radius 3 is 2.23 bits per heavy atom. The number of benzene rings is 2. The lowest BCUT2D eigenvalue weighted by Gasteiger charge is -2.30. The first kappa shape index (κ1) is 21.0. The molecule has 3 amide bonds. The van der Waals surface area contributed by atoms with E-state index >= 15 is 0 Å². The van der Waals surface area contributed by atoms with E-state index in [-0.39, 0.29) is 28.4 Å². The highest BCUT2D eigenvalue weighted by molar-refractivity contribution is 6.33. The SMILES string of the molecule is O=C(c1ccccc1Cl)N(Cc1ccccc1[N+](=O)[O-])N1C(=O)[C@@H]2CCCC[C@H]2C1=O. The number of hydrogen-bond acceptors (Lipinski definition) is 5. The summed E-state index contributed by atoms with van der Waals surface area (Å²) in [5.74, 6) is -2.46. The Morgan fingerprint density at radius 1 is 1.03 bits per heavy atom. The van der Waals surface area contributed by atoms with E-state index in [9.17, 15) is 24.5 Å². The summed E-state index contributed by atoms with van der Waals surface area (Å²) >= 11 is 6.21. The van der Waals surface area contributed by atoms with Crippen LogP contribution in [0.15, 0.2) is 48.5 Å². The molecule has 9 heteroatoms. The summed E-state index contributed by atoms with van der Waals surface area (Å²) in [6.45, 7) is -0.307. The summed E-state index contributed by atoms with van der Waals surface area (Å²) in [7, 11) is 0. The molecule has 1 heterocycles.